The van der Waals surface area contributed by atoms with Gasteiger partial charge in [0.15, 0.2) is 0 Å². The van der Waals surface area contributed by atoms with Crippen molar-refractivity contribution in [2.24, 2.45) is 0 Å². The van der Waals surface area contributed by atoms with Gasteiger partial charge in [-0.1, -0.05) is 42.1 Å². The second-order valence-corrected chi connectivity index (χ2v) is 12.6. The van der Waals surface area contributed by atoms with Crippen molar-refractivity contribution in [1.82, 2.24) is 14.5 Å². The summed E-state index contributed by atoms with van der Waals surface area (Å²) in [4.78, 5) is 8.31. The number of hydrogen-bond acceptors (Lipinski definition) is 6. The maximum Gasteiger partial charge on any atom is 0.265 e. The first-order valence-corrected chi connectivity index (χ1v) is 14.1. The minimum absolute atomic E-state index is 0.0309. The number of sulfonamides is 1. The molecule has 5 rings (SSSR count). The Bertz CT molecular complexity index is 1530. The number of aromatic nitrogens is 3. The fourth-order valence-corrected chi connectivity index (χ4v) is 8.94. The molecule has 13 heteroatoms. The van der Waals surface area contributed by atoms with Gasteiger partial charge in [0, 0.05) is 17.8 Å². The number of fused-ring (bicyclic) bond motifs is 1. The van der Waals surface area contributed by atoms with Gasteiger partial charge in [0.2, 0.25) is 0 Å². The Morgan fingerprint density at radius 3 is 2.59 bits per heavy atom. The molecule has 7 nitrogen and oxygen atoms in total. The Hall–Kier alpha value is -1.92. The summed E-state index contributed by atoms with van der Waals surface area (Å²) in [7, 11) is -4.19. The van der Waals surface area contributed by atoms with Crippen molar-refractivity contribution in [1.29, 1.82) is 0 Å². The first kappa shape index (κ1) is 23.8. The molecule has 34 heavy (non-hydrogen) atoms. The minimum Gasteiger partial charge on any atom is -0.383 e. The van der Waals surface area contributed by atoms with Crippen LogP contribution < -0.4 is 10.5 Å². The Balaban J connectivity index is 1.55. The highest BCUT2D eigenvalue weighted by Crippen LogP contribution is 2.44. The van der Waals surface area contributed by atoms with Crippen molar-refractivity contribution >= 4 is 83.0 Å². The van der Waals surface area contributed by atoms with Gasteiger partial charge in [0.1, 0.15) is 37.2 Å². The number of rotatable bonds is 5. The molecular formula is C21H17BrCl2FN5O2S2. The molecule has 3 aromatic heterocycles. The predicted octanol–water partition coefficient (Wildman–Crippen LogP) is 6.87. The third-order valence-corrected chi connectivity index (χ3v) is 10.7. The van der Waals surface area contributed by atoms with Gasteiger partial charge >= 0.3 is 0 Å². The van der Waals surface area contributed by atoms with Crippen LogP contribution >= 0.6 is 50.5 Å². The number of nitrogen functional groups attached to an aromatic ring is 1. The van der Waals surface area contributed by atoms with Crippen LogP contribution in [0.15, 0.2) is 40.1 Å². The minimum atomic E-state index is -4.19. The lowest BCUT2D eigenvalue weighted by Crippen LogP contribution is -2.14. The lowest BCUT2D eigenvalue weighted by molar-refractivity contribution is 0.532. The number of nitrogens with zero attached hydrogens (tertiary/aromatic N) is 3. The molecule has 1 saturated carbocycles. The van der Waals surface area contributed by atoms with Gasteiger partial charge in [0.05, 0.1) is 15.5 Å². The Morgan fingerprint density at radius 1 is 1.21 bits per heavy atom. The molecule has 0 amide bonds. The van der Waals surface area contributed by atoms with E-state index in [-0.39, 0.29) is 23.7 Å². The van der Waals surface area contributed by atoms with E-state index < -0.39 is 15.8 Å². The van der Waals surface area contributed by atoms with Crippen molar-refractivity contribution in [3.63, 3.8) is 0 Å². The molecule has 0 bridgehead atoms. The average molecular weight is 605 g/mol. The predicted molar refractivity (Wildman–Crippen MR) is 138 cm³/mol. The smallest absolute Gasteiger partial charge is 0.265 e. The summed E-state index contributed by atoms with van der Waals surface area (Å²) in [5.74, 6) is -0.456. The molecule has 178 valence electrons. The second-order valence-electron chi connectivity index (χ2n) is 7.94. The zero-order chi connectivity index (χ0) is 24.2. The van der Waals surface area contributed by atoms with Crippen LogP contribution in [-0.4, -0.2) is 23.0 Å². The second kappa shape index (κ2) is 8.94. The first-order valence-electron chi connectivity index (χ1n) is 10.2. The molecule has 3 heterocycles. The number of hydrogen-bond donors (Lipinski definition) is 2. The van der Waals surface area contributed by atoms with Crippen LogP contribution in [0.2, 0.25) is 8.67 Å². The van der Waals surface area contributed by atoms with Crippen LogP contribution in [0.5, 0.6) is 0 Å². The van der Waals surface area contributed by atoms with E-state index in [2.05, 4.69) is 35.2 Å². The van der Waals surface area contributed by atoms with E-state index in [0.717, 1.165) is 37.0 Å². The summed E-state index contributed by atoms with van der Waals surface area (Å²) in [6, 6.07) is 4.53. The zero-order valence-electron chi connectivity index (χ0n) is 17.4. The lowest BCUT2D eigenvalue weighted by Gasteiger charge is -2.12. The Kier molecular flexibility index (Phi) is 6.26. The van der Waals surface area contributed by atoms with E-state index in [1.165, 1.54) is 18.5 Å². The molecule has 1 fully saturated rings. The van der Waals surface area contributed by atoms with Crippen LogP contribution in [-0.2, 0) is 10.0 Å². The van der Waals surface area contributed by atoms with Gasteiger partial charge in [0.25, 0.3) is 10.0 Å². The zero-order valence-corrected chi connectivity index (χ0v) is 22.1. The van der Waals surface area contributed by atoms with Crippen molar-refractivity contribution in [3.8, 4) is 11.1 Å². The molecule has 0 unspecified atom stereocenters. The molecule has 0 radical (unpaired) electrons. The topological polar surface area (TPSA) is 103 Å². The molecule has 0 atom stereocenters. The van der Waals surface area contributed by atoms with Gasteiger partial charge in [-0.2, -0.15) is 0 Å². The maximum absolute atomic E-state index is 15.1. The van der Waals surface area contributed by atoms with Crippen molar-refractivity contribution < 1.29 is 12.8 Å². The summed E-state index contributed by atoms with van der Waals surface area (Å²) in [5, 5.41) is 0.644. The van der Waals surface area contributed by atoms with Crippen LogP contribution in [0.25, 0.3) is 22.2 Å². The van der Waals surface area contributed by atoms with E-state index >= 15 is 4.39 Å². The molecule has 1 aromatic carbocycles. The van der Waals surface area contributed by atoms with Crippen LogP contribution in [0.1, 0.15) is 31.7 Å². The van der Waals surface area contributed by atoms with Gasteiger partial charge in [-0.15, -0.1) is 11.3 Å². The lowest BCUT2D eigenvalue weighted by atomic mass is 10.1. The van der Waals surface area contributed by atoms with Crippen molar-refractivity contribution in [2.75, 3.05) is 10.5 Å². The van der Waals surface area contributed by atoms with E-state index in [9.17, 15) is 8.42 Å². The summed E-state index contributed by atoms with van der Waals surface area (Å²) < 4.78 is 45.5. The van der Waals surface area contributed by atoms with Crippen LogP contribution in [0.3, 0.4) is 0 Å². The average Bonchev–Trinajstić information content (AvgIpc) is 3.48. The van der Waals surface area contributed by atoms with Crippen molar-refractivity contribution in [3.05, 3.63) is 49.7 Å². The molecule has 3 N–H and O–H groups in total. The summed E-state index contributed by atoms with van der Waals surface area (Å²) in [5.41, 5.74) is 7.87. The quantitative estimate of drug-likeness (QED) is 0.259. The van der Waals surface area contributed by atoms with Crippen LogP contribution in [0.4, 0.5) is 15.9 Å². The molecular weight excluding hydrogens is 588 g/mol. The molecule has 1 aliphatic rings. The SMILES string of the molecule is Nc1ncnc2c1c(-c1ccc(NS(=O)(=O)c3c(Cl)sc(Cl)c3Br)c(F)c1)cn2C1CCCC1. The number of thiophene rings is 1. The van der Waals surface area contributed by atoms with Gasteiger partial charge < -0.3 is 10.3 Å². The third kappa shape index (κ3) is 4.07. The maximum atomic E-state index is 15.1. The summed E-state index contributed by atoms with van der Waals surface area (Å²) in [6.07, 6.45) is 7.69. The Morgan fingerprint density at radius 2 is 1.94 bits per heavy atom. The van der Waals surface area contributed by atoms with E-state index in [0.29, 0.717) is 34.0 Å². The fraction of sp³-hybridized carbons (Fsp3) is 0.238. The number of halogens is 4. The first-order chi connectivity index (χ1) is 16.2. The third-order valence-electron chi connectivity index (χ3n) is 5.88. The largest absolute Gasteiger partial charge is 0.383 e. The van der Waals surface area contributed by atoms with Gasteiger partial charge in [-0.3, -0.25) is 4.72 Å². The highest BCUT2D eigenvalue weighted by Gasteiger charge is 2.28. The number of nitrogens with one attached hydrogen (secondary N) is 1. The number of anilines is 2. The van der Waals surface area contributed by atoms with E-state index in [1.54, 1.807) is 6.07 Å². The number of nitrogens with two attached hydrogens (primary N) is 1. The van der Waals surface area contributed by atoms with Gasteiger partial charge in [-0.05, 0) is 46.5 Å². The highest BCUT2D eigenvalue weighted by atomic mass is 79.9. The molecule has 0 saturated heterocycles. The monoisotopic (exact) mass is 603 g/mol. The van der Waals surface area contributed by atoms with Crippen molar-refractivity contribution in [2.45, 2.75) is 36.6 Å². The molecule has 0 spiro atoms. The standard InChI is InChI=1S/C21H17BrCl2FN5O2S2/c22-16-17(19(24)33-18(16)23)34(31,32)29-14-6-5-10(7-13(14)25)12-8-30(11-3-1-2-4-11)21-15(12)20(26)27-9-28-21/h5-9,11,29H,1-4H2,(H2,26,27,28). The normalized spacial score (nSPS) is 14.8. The molecule has 4 aromatic rings. The van der Waals surface area contributed by atoms with Crippen LogP contribution in [0, 0.1) is 5.82 Å². The molecule has 1 aliphatic carbocycles. The number of benzene rings is 1. The fourth-order valence-electron chi connectivity index (χ4n) is 4.32. The molecule has 0 aliphatic heterocycles. The summed E-state index contributed by atoms with van der Waals surface area (Å²) >= 11 is 16.0. The van der Waals surface area contributed by atoms with Gasteiger partial charge in [-0.25, -0.2) is 22.8 Å². The van der Waals surface area contributed by atoms with E-state index in [4.69, 9.17) is 28.9 Å². The summed E-state index contributed by atoms with van der Waals surface area (Å²) in [6.45, 7) is 0. The Labute approximate surface area is 217 Å². The van der Waals surface area contributed by atoms with E-state index in [1.807, 2.05) is 6.20 Å². The highest BCUT2D eigenvalue weighted by molar-refractivity contribution is 9.10.